The zero-order chi connectivity index (χ0) is 17.2. The predicted octanol–water partition coefficient (Wildman–Crippen LogP) is 4.93. The van der Waals surface area contributed by atoms with E-state index in [1.165, 1.54) is 0 Å². The van der Waals surface area contributed by atoms with Crippen LogP contribution in [-0.4, -0.2) is 14.7 Å². The van der Waals surface area contributed by atoms with Gasteiger partial charge >= 0.3 is 0 Å². The van der Waals surface area contributed by atoms with Crippen LogP contribution in [0.25, 0.3) is 0 Å². The van der Waals surface area contributed by atoms with Gasteiger partial charge in [0, 0.05) is 32.4 Å². The molecule has 124 valence electrons. The van der Waals surface area contributed by atoms with Crippen molar-refractivity contribution in [3.8, 4) is 0 Å². The van der Waals surface area contributed by atoms with Crippen LogP contribution in [0, 0.1) is 3.57 Å². The SMILES string of the molecule is OC(Cc1ccc(Cl)cc1Cl)(Cn1ccnc1)c1ccc(I)cc1. The van der Waals surface area contributed by atoms with Crippen LogP contribution in [-0.2, 0) is 18.6 Å². The summed E-state index contributed by atoms with van der Waals surface area (Å²) in [6.45, 7) is 0.381. The second-order valence-corrected chi connectivity index (χ2v) is 7.78. The lowest BCUT2D eigenvalue weighted by Crippen LogP contribution is -2.33. The van der Waals surface area contributed by atoms with E-state index >= 15 is 0 Å². The molecule has 0 aliphatic carbocycles. The summed E-state index contributed by atoms with van der Waals surface area (Å²) in [5, 5.41) is 12.6. The van der Waals surface area contributed by atoms with E-state index in [4.69, 9.17) is 23.2 Å². The first-order valence-corrected chi connectivity index (χ1v) is 9.18. The summed E-state index contributed by atoms with van der Waals surface area (Å²) >= 11 is 14.5. The lowest BCUT2D eigenvalue weighted by molar-refractivity contribution is 0.0185. The molecule has 0 spiro atoms. The zero-order valence-electron chi connectivity index (χ0n) is 12.7. The van der Waals surface area contributed by atoms with Crippen LogP contribution >= 0.6 is 45.8 Å². The summed E-state index contributed by atoms with van der Waals surface area (Å²) in [7, 11) is 0. The van der Waals surface area contributed by atoms with Gasteiger partial charge in [-0.15, -0.1) is 0 Å². The number of halogens is 3. The van der Waals surface area contributed by atoms with Gasteiger partial charge in [0.25, 0.3) is 0 Å². The first kappa shape index (κ1) is 17.7. The molecule has 2 aromatic carbocycles. The fourth-order valence-electron chi connectivity index (χ4n) is 2.67. The Morgan fingerprint density at radius 2 is 1.88 bits per heavy atom. The van der Waals surface area contributed by atoms with E-state index in [0.717, 1.165) is 14.7 Å². The van der Waals surface area contributed by atoms with Crippen molar-refractivity contribution >= 4 is 45.8 Å². The highest BCUT2D eigenvalue weighted by molar-refractivity contribution is 14.1. The molecular formula is C18H15Cl2IN2O. The fraction of sp³-hybridized carbons (Fsp3) is 0.167. The molecule has 3 aromatic rings. The van der Waals surface area contributed by atoms with Crippen LogP contribution in [0.3, 0.4) is 0 Å². The second kappa shape index (κ2) is 7.44. The topological polar surface area (TPSA) is 38.0 Å². The zero-order valence-corrected chi connectivity index (χ0v) is 16.3. The van der Waals surface area contributed by atoms with Gasteiger partial charge in [-0.25, -0.2) is 4.98 Å². The quantitative estimate of drug-likeness (QED) is 0.535. The third-order valence-corrected chi connectivity index (χ3v) is 5.19. The average Bonchev–Trinajstić information content (AvgIpc) is 3.03. The number of aliphatic hydroxyl groups is 1. The summed E-state index contributed by atoms with van der Waals surface area (Å²) in [6, 6.07) is 13.2. The molecule has 24 heavy (non-hydrogen) atoms. The normalized spacial score (nSPS) is 13.7. The van der Waals surface area contributed by atoms with Crippen LogP contribution in [0.1, 0.15) is 11.1 Å². The van der Waals surface area contributed by atoms with Crippen molar-refractivity contribution in [1.29, 1.82) is 0 Å². The number of nitrogens with zero attached hydrogens (tertiary/aromatic N) is 2. The van der Waals surface area contributed by atoms with Gasteiger partial charge in [-0.05, 0) is 58.0 Å². The van der Waals surface area contributed by atoms with Crippen LogP contribution in [0.4, 0.5) is 0 Å². The van der Waals surface area contributed by atoms with Gasteiger partial charge < -0.3 is 9.67 Å². The third-order valence-electron chi connectivity index (χ3n) is 3.88. The summed E-state index contributed by atoms with van der Waals surface area (Å²) in [6.07, 6.45) is 5.60. The van der Waals surface area contributed by atoms with Gasteiger partial charge in [0.05, 0.1) is 12.9 Å². The minimum atomic E-state index is -1.11. The lowest BCUT2D eigenvalue weighted by atomic mass is 9.87. The maximum Gasteiger partial charge on any atom is 0.112 e. The minimum Gasteiger partial charge on any atom is -0.383 e. The fourth-order valence-corrected chi connectivity index (χ4v) is 3.51. The average molecular weight is 473 g/mol. The molecule has 0 amide bonds. The van der Waals surface area contributed by atoms with Crippen molar-refractivity contribution < 1.29 is 5.11 Å². The van der Waals surface area contributed by atoms with Gasteiger partial charge in [-0.3, -0.25) is 0 Å². The van der Waals surface area contributed by atoms with Crippen molar-refractivity contribution in [3.63, 3.8) is 0 Å². The molecule has 0 saturated heterocycles. The Balaban J connectivity index is 1.99. The molecule has 1 unspecified atom stereocenters. The second-order valence-electron chi connectivity index (χ2n) is 5.69. The number of imidazole rings is 1. The van der Waals surface area contributed by atoms with Crippen LogP contribution in [0.5, 0.6) is 0 Å². The molecule has 6 heteroatoms. The van der Waals surface area contributed by atoms with Gasteiger partial charge in [0.15, 0.2) is 0 Å². The molecule has 0 bridgehead atoms. The molecule has 3 rings (SSSR count). The van der Waals surface area contributed by atoms with Crippen LogP contribution in [0.2, 0.25) is 10.0 Å². The monoisotopic (exact) mass is 472 g/mol. The molecule has 0 saturated carbocycles. The Morgan fingerprint density at radius 3 is 2.50 bits per heavy atom. The highest BCUT2D eigenvalue weighted by Crippen LogP contribution is 2.32. The molecule has 0 aliphatic rings. The van der Waals surface area contributed by atoms with Crippen molar-refractivity contribution in [1.82, 2.24) is 9.55 Å². The highest BCUT2D eigenvalue weighted by Gasteiger charge is 2.31. The van der Waals surface area contributed by atoms with E-state index in [0.29, 0.717) is 23.0 Å². The minimum absolute atomic E-state index is 0.377. The van der Waals surface area contributed by atoms with Crippen LogP contribution in [0.15, 0.2) is 61.2 Å². The van der Waals surface area contributed by atoms with Crippen molar-refractivity contribution in [2.24, 2.45) is 0 Å². The third kappa shape index (κ3) is 4.11. The lowest BCUT2D eigenvalue weighted by Gasteiger charge is -2.30. The molecule has 0 fully saturated rings. The highest BCUT2D eigenvalue weighted by atomic mass is 127. The standard InChI is InChI=1S/C18H15Cl2IN2O/c19-15-4-1-13(17(20)9-15)10-18(24,11-23-8-7-22-12-23)14-2-5-16(21)6-3-14/h1-9,12,24H,10-11H2. The van der Waals surface area contributed by atoms with Gasteiger partial charge in [0.1, 0.15) is 5.60 Å². The summed E-state index contributed by atoms with van der Waals surface area (Å²) in [5.74, 6) is 0. The van der Waals surface area contributed by atoms with Crippen molar-refractivity contribution in [2.45, 2.75) is 18.6 Å². The summed E-state index contributed by atoms with van der Waals surface area (Å²) in [5.41, 5.74) is 0.576. The Bertz CT molecular complexity index is 822. The Kier molecular flexibility index (Phi) is 5.49. The van der Waals surface area contributed by atoms with E-state index in [1.807, 2.05) is 41.1 Å². The molecule has 1 N–H and O–H groups in total. The molecule has 1 heterocycles. The van der Waals surface area contributed by atoms with Gasteiger partial charge in [-0.1, -0.05) is 41.4 Å². The number of aromatic nitrogens is 2. The van der Waals surface area contributed by atoms with Gasteiger partial charge in [0.2, 0.25) is 0 Å². The number of hydrogen-bond acceptors (Lipinski definition) is 2. The predicted molar refractivity (Wildman–Crippen MR) is 105 cm³/mol. The molecule has 0 aliphatic heterocycles. The van der Waals surface area contributed by atoms with E-state index in [1.54, 1.807) is 24.7 Å². The van der Waals surface area contributed by atoms with Crippen molar-refractivity contribution in [2.75, 3.05) is 0 Å². The van der Waals surface area contributed by atoms with Crippen molar-refractivity contribution in [3.05, 3.63) is 85.9 Å². The molecule has 3 nitrogen and oxygen atoms in total. The Labute approximate surface area is 164 Å². The van der Waals surface area contributed by atoms with E-state index < -0.39 is 5.60 Å². The maximum absolute atomic E-state index is 11.4. The maximum atomic E-state index is 11.4. The summed E-state index contributed by atoms with van der Waals surface area (Å²) < 4.78 is 2.98. The van der Waals surface area contributed by atoms with E-state index in [-0.39, 0.29) is 0 Å². The molecule has 1 aromatic heterocycles. The largest absolute Gasteiger partial charge is 0.383 e. The Hall–Kier alpha value is -1.08. The number of hydrogen-bond donors (Lipinski definition) is 1. The smallest absolute Gasteiger partial charge is 0.112 e. The summed E-state index contributed by atoms with van der Waals surface area (Å²) in [4.78, 5) is 4.06. The van der Waals surface area contributed by atoms with E-state index in [2.05, 4.69) is 27.6 Å². The Morgan fingerprint density at radius 1 is 1.12 bits per heavy atom. The number of rotatable bonds is 5. The molecule has 1 atom stereocenters. The molecular weight excluding hydrogens is 458 g/mol. The van der Waals surface area contributed by atoms with Gasteiger partial charge in [-0.2, -0.15) is 0 Å². The first-order chi connectivity index (χ1) is 11.5. The number of benzene rings is 2. The van der Waals surface area contributed by atoms with E-state index in [9.17, 15) is 5.11 Å². The molecule has 0 radical (unpaired) electrons. The first-order valence-electron chi connectivity index (χ1n) is 7.34. The van der Waals surface area contributed by atoms with Crippen LogP contribution < -0.4 is 0 Å².